The maximum Gasteiger partial charge on any atom is 0.337 e. The van der Waals surface area contributed by atoms with Gasteiger partial charge in [0.15, 0.2) is 11.5 Å². The molecule has 1 heterocycles. The molecule has 0 radical (unpaired) electrons. The quantitative estimate of drug-likeness (QED) is 0.883. The molecule has 0 amide bonds. The summed E-state index contributed by atoms with van der Waals surface area (Å²) in [5.74, 6) is 0.398. The second kappa shape index (κ2) is 6.32. The number of methoxy groups -OCH3 is 2. The van der Waals surface area contributed by atoms with E-state index in [1.807, 2.05) is 0 Å². The molecule has 0 saturated carbocycles. The minimum Gasteiger partial charge on any atom is -0.493 e. The van der Waals surface area contributed by atoms with Crippen LogP contribution >= 0.6 is 11.6 Å². The fourth-order valence-electron chi connectivity index (χ4n) is 1.73. The van der Waals surface area contributed by atoms with Gasteiger partial charge in [-0.2, -0.15) is 0 Å². The number of ether oxygens (including phenoxy) is 2. The van der Waals surface area contributed by atoms with E-state index in [1.165, 1.54) is 19.4 Å². The molecule has 0 atom stereocenters. The number of rotatable bonds is 5. The van der Waals surface area contributed by atoms with Crippen LogP contribution in [0.1, 0.15) is 10.4 Å². The Balaban J connectivity index is 2.30. The van der Waals surface area contributed by atoms with Gasteiger partial charge in [0.05, 0.1) is 24.8 Å². The van der Waals surface area contributed by atoms with Crippen molar-refractivity contribution in [2.75, 3.05) is 19.5 Å². The lowest BCUT2D eigenvalue weighted by atomic mass is 10.2. The van der Waals surface area contributed by atoms with Crippen LogP contribution in [0.5, 0.6) is 11.5 Å². The number of halogens is 1. The first-order valence-electron chi connectivity index (χ1n) is 5.93. The lowest BCUT2D eigenvalue weighted by Gasteiger charge is -2.11. The van der Waals surface area contributed by atoms with E-state index >= 15 is 0 Å². The van der Waals surface area contributed by atoms with E-state index in [0.29, 0.717) is 23.0 Å². The van der Waals surface area contributed by atoms with Gasteiger partial charge < -0.3 is 19.9 Å². The summed E-state index contributed by atoms with van der Waals surface area (Å²) in [7, 11) is 3.08. The predicted octanol–water partition coefficient (Wildman–Crippen LogP) is 3.19. The first-order chi connectivity index (χ1) is 10.0. The zero-order valence-corrected chi connectivity index (χ0v) is 12.1. The van der Waals surface area contributed by atoms with Crippen molar-refractivity contribution in [1.82, 2.24) is 4.98 Å². The molecule has 0 unspecified atom stereocenters. The number of carboxylic acid groups (broad SMARTS) is 1. The third-order valence-corrected chi connectivity index (χ3v) is 3.04. The van der Waals surface area contributed by atoms with Crippen LogP contribution in [0.15, 0.2) is 30.5 Å². The zero-order chi connectivity index (χ0) is 15.4. The van der Waals surface area contributed by atoms with E-state index in [2.05, 4.69) is 10.3 Å². The summed E-state index contributed by atoms with van der Waals surface area (Å²) in [5, 5.41) is 12.1. The molecule has 0 bridgehead atoms. The van der Waals surface area contributed by atoms with Crippen molar-refractivity contribution in [2.45, 2.75) is 0 Å². The average Bonchev–Trinajstić information content (AvgIpc) is 2.48. The van der Waals surface area contributed by atoms with Gasteiger partial charge in [-0.3, -0.25) is 0 Å². The van der Waals surface area contributed by atoms with Crippen molar-refractivity contribution < 1.29 is 19.4 Å². The third-order valence-electron chi connectivity index (χ3n) is 2.74. The van der Waals surface area contributed by atoms with Crippen LogP contribution in [0.4, 0.5) is 11.5 Å². The molecule has 0 aliphatic heterocycles. The number of carbonyl (C=O) groups is 1. The van der Waals surface area contributed by atoms with Gasteiger partial charge >= 0.3 is 5.97 Å². The van der Waals surface area contributed by atoms with Gasteiger partial charge in [0.2, 0.25) is 0 Å². The van der Waals surface area contributed by atoms with Gasteiger partial charge in [-0.25, -0.2) is 9.78 Å². The van der Waals surface area contributed by atoms with Gasteiger partial charge in [0.1, 0.15) is 5.82 Å². The Hall–Kier alpha value is -2.47. The largest absolute Gasteiger partial charge is 0.493 e. The molecule has 0 aliphatic rings. The summed E-state index contributed by atoms with van der Waals surface area (Å²) in [4.78, 5) is 15.1. The molecule has 110 valence electrons. The second-order valence-corrected chi connectivity index (χ2v) is 4.46. The maximum absolute atomic E-state index is 11.0. The van der Waals surface area contributed by atoms with Gasteiger partial charge in [-0.1, -0.05) is 11.6 Å². The highest BCUT2D eigenvalue weighted by Gasteiger charge is 2.11. The molecule has 2 aromatic rings. The van der Waals surface area contributed by atoms with Crippen molar-refractivity contribution >= 4 is 29.1 Å². The number of carboxylic acids is 1. The summed E-state index contributed by atoms with van der Waals surface area (Å²) in [6, 6.07) is 6.57. The maximum atomic E-state index is 11.0. The van der Waals surface area contributed by atoms with Crippen molar-refractivity contribution in [3.05, 3.63) is 41.0 Å². The molecule has 1 aromatic carbocycles. The Morgan fingerprint density at radius 3 is 2.57 bits per heavy atom. The number of pyridine rings is 1. The van der Waals surface area contributed by atoms with Crippen LogP contribution in [0, 0.1) is 0 Å². The highest BCUT2D eigenvalue weighted by atomic mass is 35.5. The normalized spacial score (nSPS) is 10.0. The molecule has 7 heteroatoms. The van der Waals surface area contributed by atoms with Gasteiger partial charge in [0, 0.05) is 18.0 Å². The number of anilines is 2. The summed E-state index contributed by atoms with van der Waals surface area (Å²) < 4.78 is 10.3. The minimum atomic E-state index is -1.11. The standard InChI is InChI=1S/C14H13ClN2O4/c1-20-11-4-3-8(5-12(11)21-2)17-13-6-9(14(18)19)10(15)7-16-13/h3-7H,1-2H3,(H,16,17)(H,18,19). The molecular formula is C14H13ClN2O4. The molecule has 0 fully saturated rings. The smallest absolute Gasteiger partial charge is 0.337 e. The number of benzene rings is 1. The molecule has 2 N–H and O–H groups in total. The second-order valence-electron chi connectivity index (χ2n) is 4.05. The van der Waals surface area contributed by atoms with Crippen molar-refractivity contribution in [1.29, 1.82) is 0 Å². The van der Waals surface area contributed by atoms with E-state index in [-0.39, 0.29) is 10.6 Å². The number of nitrogens with one attached hydrogen (secondary N) is 1. The number of aromatic carboxylic acids is 1. The summed E-state index contributed by atoms with van der Waals surface area (Å²) in [5.41, 5.74) is 0.661. The molecule has 1 aromatic heterocycles. The average molecular weight is 309 g/mol. The molecule has 0 aliphatic carbocycles. The Kier molecular flexibility index (Phi) is 4.49. The van der Waals surface area contributed by atoms with Crippen LogP contribution in [0.2, 0.25) is 5.02 Å². The van der Waals surface area contributed by atoms with E-state index in [9.17, 15) is 4.79 Å². The van der Waals surface area contributed by atoms with E-state index in [0.717, 1.165) is 0 Å². The van der Waals surface area contributed by atoms with Gasteiger partial charge in [-0.05, 0) is 18.2 Å². The number of hydrogen-bond acceptors (Lipinski definition) is 5. The molecule has 0 saturated heterocycles. The Bertz CT molecular complexity index is 676. The summed E-state index contributed by atoms with van der Waals surface area (Å²) >= 11 is 5.77. The van der Waals surface area contributed by atoms with Gasteiger partial charge in [0.25, 0.3) is 0 Å². The van der Waals surface area contributed by atoms with E-state index < -0.39 is 5.97 Å². The van der Waals surface area contributed by atoms with Crippen LogP contribution in [-0.4, -0.2) is 30.3 Å². The summed E-state index contributed by atoms with van der Waals surface area (Å²) in [6.07, 6.45) is 1.29. The van der Waals surface area contributed by atoms with E-state index in [1.54, 1.807) is 25.3 Å². The topological polar surface area (TPSA) is 80.7 Å². The fourth-order valence-corrected chi connectivity index (χ4v) is 1.92. The van der Waals surface area contributed by atoms with Crippen LogP contribution in [-0.2, 0) is 0 Å². The molecule has 21 heavy (non-hydrogen) atoms. The lowest BCUT2D eigenvalue weighted by Crippen LogP contribution is -2.01. The first kappa shape index (κ1) is 14.9. The molecule has 2 rings (SSSR count). The number of hydrogen-bond donors (Lipinski definition) is 2. The van der Waals surface area contributed by atoms with Crippen molar-refractivity contribution in [2.24, 2.45) is 0 Å². The lowest BCUT2D eigenvalue weighted by molar-refractivity contribution is 0.0697. The molecule has 0 spiro atoms. The summed E-state index contributed by atoms with van der Waals surface area (Å²) in [6.45, 7) is 0. The monoisotopic (exact) mass is 308 g/mol. The molecular weight excluding hydrogens is 296 g/mol. The number of nitrogens with zero attached hydrogens (tertiary/aromatic N) is 1. The Morgan fingerprint density at radius 1 is 1.24 bits per heavy atom. The minimum absolute atomic E-state index is 0.0188. The zero-order valence-electron chi connectivity index (χ0n) is 11.4. The fraction of sp³-hybridized carbons (Fsp3) is 0.143. The van der Waals surface area contributed by atoms with E-state index in [4.69, 9.17) is 26.2 Å². The SMILES string of the molecule is COc1ccc(Nc2cc(C(=O)O)c(Cl)cn2)cc1OC. The highest BCUT2D eigenvalue weighted by molar-refractivity contribution is 6.33. The van der Waals surface area contributed by atoms with Crippen LogP contribution < -0.4 is 14.8 Å². The van der Waals surface area contributed by atoms with Crippen molar-refractivity contribution in [3.8, 4) is 11.5 Å². The number of aromatic nitrogens is 1. The van der Waals surface area contributed by atoms with Crippen LogP contribution in [0.3, 0.4) is 0 Å². The van der Waals surface area contributed by atoms with Crippen LogP contribution in [0.25, 0.3) is 0 Å². The van der Waals surface area contributed by atoms with Gasteiger partial charge in [-0.15, -0.1) is 0 Å². The Labute approximate surface area is 126 Å². The molecule has 6 nitrogen and oxygen atoms in total. The van der Waals surface area contributed by atoms with Crippen molar-refractivity contribution in [3.63, 3.8) is 0 Å². The predicted molar refractivity (Wildman–Crippen MR) is 79.0 cm³/mol. The Morgan fingerprint density at radius 2 is 1.95 bits per heavy atom. The third kappa shape index (κ3) is 3.35. The first-order valence-corrected chi connectivity index (χ1v) is 6.31. The highest BCUT2D eigenvalue weighted by Crippen LogP contribution is 2.31.